The van der Waals surface area contributed by atoms with Crippen molar-refractivity contribution in [3.8, 4) is 5.75 Å². The summed E-state index contributed by atoms with van der Waals surface area (Å²) in [7, 11) is 0. The molecule has 1 aliphatic heterocycles. The second kappa shape index (κ2) is 3.88. The Morgan fingerprint density at radius 1 is 1.22 bits per heavy atom. The van der Waals surface area contributed by atoms with Gasteiger partial charge in [0, 0.05) is 11.6 Å². The Hall–Kier alpha value is -2.29. The van der Waals surface area contributed by atoms with Gasteiger partial charge in [0.15, 0.2) is 0 Å². The highest BCUT2D eigenvalue weighted by Gasteiger charge is 2.31. The first-order chi connectivity index (χ1) is 8.66. The molecule has 1 aliphatic rings. The highest BCUT2D eigenvalue weighted by Crippen LogP contribution is 2.42. The fourth-order valence-corrected chi connectivity index (χ4v) is 2.19. The number of ether oxygens (including phenoxy) is 1. The molecule has 0 saturated carbocycles. The smallest absolute Gasteiger partial charge is 0.347 e. The van der Waals surface area contributed by atoms with Gasteiger partial charge in [0.2, 0.25) is 0 Å². The first-order valence-corrected chi connectivity index (χ1v) is 5.72. The Labute approximate surface area is 104 Å². The van der Waals surface area contributed by atoms with E-state index in [1.54, 1.807) is 13.0 Å². The van der Waals surface area contributed by atoms with E-state index in [-0.39, 0.29) is 11.7 Å². The van der Waals surface area contributed by atoms with Gasteiger partial charge in [0.25, 0.3) is 0 Å². The lowest BCUT2D eigenvalue weighted by molar-refractivity contribution is 0.281. The van der Waals surface area contributed by atoms with Crippen molar-refractivity contribution >= 4 is 5.57 Å². The number of hydrogen-bond donors (Lipinski definition) is 0. The Bertz CT molecular complexity index is 668. The van der Waals surface area contributed by atoms with Gasteiger partial charge in [-0.1, -0.05) is 36.9 Å². The van der Waals surface area contributed by atoms with Crippen molar-refractivity contribution in [1.29, 1.82) is 0 Å². The van der Waals surface area contributed by atoms with Crippen LogP contribution in [0.1, 0.15) is 23.0 Å². The van der Waals surface area contributed by atoms with E-state index < -0.39 is 0 Å². The van der Waals surface area contributed by atoms with Gasteiger partial charge in [0.1, 0.15) is 23.2 Å². The molecule has 3 heteroatoms. The standard InChI is InChI=1S/C15H12O3/c1-9-8-12-13(15(16)17-9)10(2)14(18-12)11-6-4-3-5-7-11/h3-8,14H,2H2,1H3. The fourth-order valence-electron chi connectivity index (χ4n) is 2.19. The third-order valence-electron chi connectivity index (χ3n) is 3.02. The fraction of sp³-hybridized carbons (Fsp3) is 0.133. The average molecular weight is 240 g/mol. The van der Waals surface area contributed by atoms with E-state index in [0.717, 1.165) is 5.56 Å². The quantitative estimate of drug-likeness (QED) is 0.768. The predicted octanol–water partition coefficient (Wildman–Crippen LogP) is 3.10. The molecule has 0 saturated heterocycles. The highest BCUT2D eigenvalue weighted by molar-refractivity contribution is 5.76. The first kappa shape index (κ1) is 10.8. The van der Waals surface area contributed by atoms with Gasteiger partial charge in [-0.25, -0.2) is 4.79 Å². The van der Waals surface area contributed by atoms with Crippen LogP contribution in [0.5, 0.6) is 5.75 Å². The molecule has 1 aromatic heterocycles. The van der Waals surface area contributed by atoms with Crippen molar-refractivity contribution in [2.24, 2.45) is 0 Å². The number of aryl methyl sites for hydroxylation is 1. The molecule has 0 fully saturated rings. The van der Waals surface area contributed by atoms with Crippen LogP contribution in [0, 0.1) is 6.92 Å². The van der Waals surface area contributed by atoms with Crippen molar-refractivity contribution < 1.29 is 9.15 Å². The molecule has 3 nitrogen and oxygen atoms in total. The third-order valence-corrected chi connectivity index (χ3v) is 3.02. The molecule has 0 bridgehead atoms. The Morgan fingerprint density at radius 3 is 2.67 bits per heavy atom. The molecule has 3 rings (SSSR count). The molecule has 0 aliphatic carbocycles. The monoisotopic (exact) mass is 240 g/mol. The van der Waals surface area contributed by atoms with Crippen molar-refractivity contribution in [2.75, 3.05) is 0 Å². The number of benzene rings is 1. The topological polar surface area (TPSA) is 39.4 Å². The second-order valence-electron chi connectivity index (χ2n) is 4.32. The lowest BCUT2D eigenvalue weighted by atomic mass is 10.0. The highest BCUT2D eigenvalue weighted by atomic mass is 16.5. The van der Waals surface area contributed by atoms with E-state index in [1.807, 2.05) is 30.3 Å². The minimum Gasteiger partial charge on any atom is -0.480 e. The predicted molar refractivity (Wildman–Crippen MR) is 68.6 cm³/mol. The molecule has 0 amide bonds. The summed E-state index contributed by atoms with van der Waals surface area (Å²) < 4.78 is 10.9. The molecule has 0 radical (unpaired) electrons. The van der Waals surface area contributed by atoms with Gasteiger partial charge in [-0.2, -0.15) is 0 Å². The second-order valence-corrected chi connectivity index (χ2v) is 4.32. The van der Waals surface area contributed by atoms with E-state index in [2.05, 4.69) is 6.58 Å². The maximum absolute atomic E-state index is 11.8. The van der Waals surface area contributed by atoms with E-state index in [0.29, 0.717) is 22.6 Å². The van der Waals surface area contributed by atoms with Crippen LogP contribution in [-0.2, 0) is 0 Å². The van der Waals surface area contributed by atoms with Crippen LogP contribution in [0.4, 0.5) is 0 Å². The van der Waals surface area contributed by atoms with Crippen LogP contribution in [-0.4, -0.2) is 0 Å². The number of hydrogen-bond acceptors (Lipinski definition) is 3. The minimum atomic E-state index is -0.381. The van der Waals surface area contributed by atoms with Gasteiger partial charge in [-0.3, -0.25) is 0 Å². The van der Waals surface area contributed by atoms with Crippen LogP contribution in [0.15, 0.2) is 52.2 Å². The molecule has 90 valence electrons. The van der Waals surface area contributed by atoms with Crippen molar-refractivity contribution in [3.63, 3.8) is 0 Å². The molecule has 2 heterocycles. The van der Waals surface area contributed by atoms with Crippen molar-refractivity contribution in [2.45, 2.75) is 13.0 Å². The molecule has 1 aromatic carbocycles. The largest absolute Gasteiger partial charge is 0.480 e. The summed E-state index contributed by atoms with van der Waals surface area (Å²) in [5.74, 6) is 1.10. The van der Waals surface area contributed by atoms with Crippen molar-refractivity contribution in [3.05, 3.63) is 70.3 Å². The molecule has 0 spiro atoms. The van der Waals surface area contributed by atoms with Crippen molar-refractivity contribution in [1.82, 2.24) is 0 Å². The molecule has 1 unspecified atom stereocenters. The first-order valence-electron chi connectivity index (χ1n) is 5.72. The van der Waals surface area contributed by atoms with Gasteiger partial charge in [-0.05, 0) is 12.5 Å². The van der Waals surface area contributed by atoms with Gasteiger partial charge in [-0.15, -0.1) is 0 Å². The summed E-state index contributed by atoms with van der Waals surface area (Å²) in [4.78, 5) is 11.8. The summed E-state index contributed by atoms with van der Waals surface area (Å²) in [5.41, 5.74) is 1.71. The van der Waals surface area contributed by atoms with Crippen LogP contribution >= 0.6 is 0 Å². The van der Waals surface area contributed by atoms with E-state index in [1.165, 1.54) is 0 Å². The molecule has 18 heavy (non-hydrogen) atoms. The SMILES string of the molecule is C=C1c2c(cc(C)oc2=O)OC1c1ccccc1. The van der Waals surface area contributed by atoms with Crippen LogP contribution < -0.4 is 10.4 Å². The zero-order valence-corrected chi connectivity index (χ0v) is 9.97. The average Bonchev–Trinajstić information content (AvgIpc) is 2.67. The van der Waals surface area contributed by atoms with Gasteiger partial charge >= 0.3 is 5.63 Å². The lowest BCUT2D eigenvalue weighted by Crippen LogP contribution is -2.05. The molecule has 0 N–H and O–H groups in total. The molecule has 1 atom stereocenters. The third kappa shape index (κ3) is 1.56. The normalized spacial score (nSPS) is 17.4. The minimum absolute atomic E-state index is 0.300. The molecular formula is C15H12O3. The van der Waals surface area contributed by atoms with E-state index in [4.69, 9.17) is 9.15 Å². The van der Waals surface area contributed by atoms with Gasteiger partial charge in [0.05, 0.1) is 0 Å². The number of rotatable bonds is 1. The number of fused-ring (bicyclic) bond motifs is 1. The van der Waals surface area contributed by atoms with Crippen LogP contribution in [0.2, 0.25) is 0 Å². The summed E-state index contributed by atoms with van der Waals surface area (Å²) in [6.45, 7) is 5.68. The maximum atomic E-state index is 11.8. The Kier molecular flexibility index (Phi) is 2.33. The molecule has 2 aromatic rings. The summed E-state index contributed by atoms with van der Waals surface area (Å²) in [6, 6.07) is 11.4. The van der Waals surface area contributed by atoms with Crippen LogP contribution in [0.3, 0.4) is 0 Å². The lowest BCUT2D eigenvalue weighted by Gasteiger charge is -2.11. The van der Waals surface area contributed by atoms with E-state index >= 15 is 0 Å². The maximum Gasteiger partial charge on any atom is 0.347 e. The zero-order valence-electron chi connectivity index (χ0n) is 9.97. The Morgan fingerprint density at radius 2 is 1.94 bits per heavy atom. The Balaban J connectivity index is 2.10. The molecular weight excluding hydrogens is 228 g/mol. The zero-order chi connectivity index (χ0) is 12.7. The summed E-state index contributed by atoms with van der Waals surface area (Å²) in [5, 5.41) is 0. The van der Waals surface area contributed by atoms with Gasteiger partial charge < -0.3 is 9.15 Å². The van der Waals surface area contributed by atoms with E-state index in [9.17, 15) is 4.79 Å². The summed E-state index contributed by atoms with van der Waals surface area (Å²) in [6.07, 6.45) is -0.300. The summed E-state index contributed by atoms with van der Waals surface area (Å²) >= 11 is 0. The van der Waals surface area contributed by atoms with Crippen LogP contribution in [0.25, 0.3) is 5.57 Å².